The molecule has 1 aromatic rings. The molecule has 142 valence electrons. The molecule has 0 spiro atoms. The van der Waals surface area contributed by atoms with Crippen molar-refractivity contribution < 1.29 is 14.4 Å². The van der Waals surface area contributed by atoms with E-state index in [1.807, 2.05) is 13.8 Å². The smallest absolute Gasteiger partial charge is 0.248 e. The van der Waals surface area contributed by atoms with Crippen molar-refractivity contribution in [3.63, 3.8) is 0 Å². The molecule has 1 aromatic carbocycles. The van der Waals surface area contributed by atoms with Crippen LogP contribution in [0.2, 0.25) is 5.02 Å². The number of amides is 3. The molecule has 1 fully saturated rings. The lowest BCUT2D eigenvalue weighted by atomic mass is 10.2. The molecule has 0 N–H and O–H groups in total. The third kappa shape index (κ3) is 5.21. The molecule has 0 unspecified atom stereocenters. The molecule has 0 bridgehead atoms. The molecular formula is C19H26ClN3O3. The van der Waals surface area contributed by atoms with Crippen LogP contribution in [0, 0.1) is 0 Å². The summed E-state index contributed by atoms with van der Waals surface area (Å²) in [7, 11) is 0. The van der Waals surface area contributed by atoms with Gasteiger partial charge in [-0.1, -0.05) is 37.9 Å². The van der Waals surface area contributed by atoms with E-state index >= 15 is 0 Å². The van der Waals surface area contributed by atoms with E-state index in [1.54, 1.807) is 29.2 Å². The Morgan fingerprint density at radius 1 is 1.23 bits per heavy atom. The Morgan fingerprint density at radius 2 is 2.00 bits per heavy atom. The molecule has 0 aliphatic carbocycles. The molecule has 1 heterocycles. The van der Waals surface area contributed by atoms with Gasteiger partial charge in [-0.2, -0.15) is 0 Å². The molecule has 1 aliphatic heterocycles. The van der Waals surface area contributed by atoms with Crippen molar-refractivity contribution in [2.24, 2.45) is 0 Å². The molecule has 1 aliphatic rings. The summed E-state index contributed by atoms with van der Waals surface area (Å²) in [6.07, 6.45) is 3.00. The summed E-state index contributed by atoms with van der Waals surface area (Å²) in [6.45, 7) is 4.78. The Bertz CT molecular complexity index is 665. The zero-order valence-electron chi connectivity index (χ0n) is 15.4. The van der Waals surface area contributed by atoms with Crippen molar-refractivity contribution in [1.82, 2.24) is 9.80 Å². The van der Waals surface area contributed by atoms with Gasteiger partial charge in [-0.05, 0) is 31.0 Å². The van der Waals surface area contributed by atoms with Gasteiger partial charge in [-0.3, -0.25) is 19.3 Å². The van der Waals surface area contributed by atoms with Crippen LogP contribution in [-0.2, 0) is 14.4 Å². The second-order valence-corrected chi connectivity index (χ2v) is 6.89. The van der Waals surface area contributed by atoms with Gasteiger partial charge >= 0.3 is 0 Å². The normalized spacial score (nSPS) is 14.0. The third-order valence-corrected chi connectivity index (χ3v) is 4.56. The van der Waals surface area contributed by atoms with Crippen LogP contribution in [-0.4, -0.2) is 53.8 Å². The Hall–Kier alpha value is -2.08. The number of hydrogen-bond acceptors (Lipinski definition) is 3. The van der Waals surface area contributed by atoms with Gasteiger partial charge < -0.3 is 9.80 Å². The second-order valence-electron chi connectivity index (χ2n) is 6.45. The van der Waals surface area contributed by atoms with Crippen molar-refractivity contribution in [3.05, 3.63) is 29.3 Å². The lowest BCUT2D eigenvalue weighted by Crippen LogP contribution is -2.43. The average molecular weight is 380 g/mol. The summed E-state index contributed by atoms with van der Waals surface area (Å²) in [5, 5.41) is 0.538. The molecule has 6 nitrogen and oxygen atoms in total. The fourth-order valence-corrected chi connectivity index (χ4v) is 3.08. The number of hydrogen-bond donors (Lipinski definition) is 0. The first-order valence-corrected chi connectivity index (χ1v) is 9.45. The van der Waals surface area contributed by atoms with Crippen molar-refractivity contribution in [3.8, 4) is 0 Å². The molecule has 0 atom stereocenters. The van der Waals surface area contributed by atoms with Gasteiger partial charge in [-0.15, -0.1) is 0 Å². The van der Waals surface area contributed by atoms with Crippen molar-refractivity contribution in [1.29, 1.82) is 0 Å². The summed E-state index contributed by atoms with van der Waals surface area (Å²) in [6, 6.07) is 6.99. The molecule has 7 heteroatoms. The largest absolute Gasteiger partial charge is 0.333 e. The zero-order valence-corrected chi connectivity index (χ0v) is 16.2. The van der Waals surface area contributed by atoms with Gasteiger partial charge in [0.15, 0.2) is 0 Å². The average Bonchev–Trinajstić information content (AvgIpc) is 3.01. The van der Waals surface area contributed by atoms with Crippen molar-refractivity contribution >= 4 is 35.0 Å². The lowest BCUT2D eigenvalue weighted by Gasteiger charge is -2.25. The van der Waals surface area contributed by atoms with E-state index in [2.05, 4.69) is 0 Å². The highest BCUT2D eigenvalue weighted by atomic mass is 35.5. The molecule has 26 heavy (non-hydrogen) atoms. The van der Waals surface area contributed by atoms with Gasteiger partial charge in [0.1, 0.15) is 13.2 Å². The van der Waals surface area contributed by atoms with Crippen LogP contribution in [0.1, 0.15) is 39.5 Å². The number of halogens is 1. The molecule has 0 saturated carbocycles. The van der Waals surface area contributed by atoms with Crippen LogP contribution < -0.4 is 4.90 Å². The number of nitrogens with zero attached hydrogens (tertiary/aromatic N) is 3. The number of rotatable bonds is 8. The summed E-state index contributed by atoms with van der Waals surface area (Å²) >= 11 is 5.99. The van der Waals surface area contributed by atoms with Gasteiger partial charge in [0.2, 0.25) is 17.7 Å². The van der Waals surface area contributed by atoms with E-state index in [0.717, 1.165) is 19.3 Å². The quantitative estimate of drug-likeness (QED) is 0.697. The number of carbonyl (C=O) groups excluding carboxylic acids is 3. The molecule has 0 aromatic heterocycles. The fourth-order valence-electron chi connectivity index (χ4n) is 2.90. The van der Waals surface area contributed by atoms with Crippen LogP contribution in [0.4, 0.5) is 5.69 Å². The summed E-state index contributed by atoms with van der Waals surface area (Å²) in [5.74, 6) is -0.361. The summed E-state index contributed by atoms with van der Waals surface area (Å²) in [4.78, 5) is 41.8. The van der Waals surface area contributed by atoms with Crippen LogP contribution in [0.3, 0.4) is 0 Å². The first-order valence-electron chi connectivity index (χ1n) is 9.07. The minimum Gasteiger partial charge on any atom is -0.333 e. The number of anilines is 1. The second kappa shape index (κ2) is 9.57. The lowest BCUT2D eigenvalue weighted by molar-refractivity contribution is -0.140. The Balaban J connectivity index is 2.00. The van der Waals surface area contributed by atoms with Crippen LogP contribution in [0.15, 0.2) is 24.3 Å². The van der Waals surface area contributed by atoms with Gasteiger partial charge in [0.25, 0.3) is 0 Å². The maximum atomic E-state index is 12.6. The first-order chi connectivity index (χ1) is 12.5. The Kier molecular flexibility index (Phi) is 7.45. The fraction of sp³-hybridized carbons (Fsp3) is 0.526. The number of benzene rings is 1. The maximum absolute atomic E-state index is 12.6. The Morgan fingerprint density at radius 3 is 2.65 bits per heavy atom. The summed E-state index contributed by atoms with van der Waals surface area (Å²) in [5.41, 5.74) is 0.669. The minimum absolute atomic E-state index is 0.000675. The third-order valence-electron chi connectivity index (χ3n) is 4.33. The maximum Gasteiger partial charge on any atom is 0.248 e. The minimum atomic E-state index is -0.207. The Labute approximate surface area is 159 Å². The van der Waals surface area contributed by atoms with E-state index in [1.165, 1.54) is 9.80 Å². The van der Waals surface area contributed by atoms with E-state index in [4.69, 9.17) is 11.6 Å². The van der Waals surface area contributed by atoms with Gasteiger partial charge in [-0.25, -0.2) is 0 Å². The monoisotopic (exact) mass is 379 g/mol. The zero-order chi connectivity index (χ0) is 19.1. The highest BCUT2D eigenvalue weighted by Crippen LogP contribution is 2.23. The van der Waals surface area contributed by atoms with E-state index in [0.29, 0.717) is 23.7 Å². The predicted molar refractivity (Wildman–Crippen MR) is 102 cm³/mol. The molecular weight excluding hydrogens is 354 g/mol. The van der Waals surface area contributed by atoms with Crippen LogP contribution in [0.5, 0.6) is 0 Å². The highest BCUT2D eigenvalue weighted by Gasteiger charge is 2.32. The van der Waals surface area contributed by atoms with Crippen molar-refractivity contribution in [2.75, 3.05) is 31.2 Å². The molecule has 0 radical (unpaired) electrons. The van der Waals surface area contributed by atoms with E-state index in [-0.39, 0.29) is 37.5 Å². The standard InChI is InChI=1S/C19H26ClN3O3/c1-3-5-9-17(24)21(10-4-2)12-18(25)22-13-19(26)23(14-22)16-8-6-7-15(20)11-16/h6-8,11H,3-5,9-10,12-14H2,1-2H3. The molecule has 3 amide bonds. The van der Waals surface area contributed by atoms with E-state index in [9.17, 15) is 14.4 Å². The molecule has 2 rings (SSSR count). The summed E-state index contributed by atoms with van der Waals surface area (Å²) < 4.78 is 0. The van der Waals surface area contributed by atoms with Gasteiger partial charge in [0, 0.05) is 23.7 Å². The predicted octanol–water partition coefficient (Wildman–Crippen LogP) is 2.90. The highest BCUT2D eigenvalue weighted by molar-refractivity contribution is 6.31. The van der Waals surface area contributed by atoms with Crippen molar-refractivity contribution in [2.45, 2.75) is 39.5 Å². The molecule has 1 saturated heterocycles. The topological polar surface area (TPSA) is 60.9 Å². The number of unbranched alkanes of at least 4 members (excludes halogenated alkanes) is 1. The SMILES string of the molecule is CCCCC(=O)N(CCC)CC(=O)N1CC(=O)N(c2cccc(Cl)c2)C1. The first kappa shape index (κ1) is 20.2. The van der Waals surface area contributed by atoms with Crippen LogP contribution in [0.25, 0.3) is 0 Å². The van der Waals surface area contributed by atoms with Gasteiger partial charge in [0.05, 0.1) is 6.54 Å². The van der Waals surface area contributed by atoms with Crippen LogP contribution >= 0.6 is 11.6 Å². The van der Waals surface area contributed by atoms with E-state index < -0.39 is 0 Å². The number of carbonyl (C=O) groups is 3.